The number of benzene rings is 1. The van der Waals surface area contributed by atoms with Gasteiger partial charge < -0.3 is 20.6 Å². The molecule has 110 valence electrons. The van der Waals surface area contributed by atoms with Crippen LogP contribution < -0.4 is 10.6 Å². The van der Waals surface area contributed by atoms with Gasteiger partial charge in [0.15, 0.2) is 5.84 Å². The molecule has 0 amide bonds. The molecule has 1 aliphatic heterocycles. The Morgan fingerprint density at radius 2 is 2.15 bits per heavy atom. The van der Waals surface area contributed by atoms with Crippen molar-refractivity contribution in [2.75, 3.05) is 31.7 Å². The molecule has 1 heterocycles. The second-order valence-corrected chi connectivity index (χ2v) is 5.37. The third-order valence-electron chi connectivity index (χ3n) is 3.98. The molecule has 0 spiro atoms. The first-order valence-electron chi connectivity index (χ1n) is 6.98. The molecule has 5 heteroatoms. The number of ether oxygens (including phenoxy) is 1. The highest BCUT2D eigenvalue weighted by molar-refractivity contribution is 5.98. The van der Waals surface area contributed by atoms with Gasteiger partial charge in [-0.05, 0) is 49.4 Å². The lowest BCUT2D eigenvalue weighted by Gasteiger charge is -2.33. The minimum Gasteiger partial charge on any atom is -0.409 e. The van der Waals surface area contributed by atoms with E-state index in [2.05, 4.69) is 16.1 Å². The first-order valence-corrected chi connectivity index (χ1v) is 6.98. The SMILES string of the molecule is COCC1CCN(c2ccc(/C(N)=N/O)c(C)c2)CC1. The van der Waals surface area contributed by atoms with E-state index >= 15 is 0 Å². The summed E-state index contributed by atoms with van der Waals surface area (Å²) in [5.41, 5.74) is 8.66. The zero-order chi connectivity index (χ0) is 14.5. The Morgan fingerprint density at radius 1 is 1.45 bits per heavy atom. The molecule has 1 fully saturated rings. The average molecular weight is 277 g/mol. The van der Waals surface area contributed by atoms with Crippen molar-refractivity contribution in [2.45, 2.75) is 19.8 Å². The highest BCUT2D eigenvalue weighted by Crippen LogP contribution is 2.25. The summed E-state index contributed by atoms with van der Waals surface area (Å²) in [5.74, 6) is 0.835. The predicted octanol–water partition coefficient (Wildman–Crippen LogP) is 1.95. The second kappa shape index (κ2) is 6.61. The van der Waals surface area contributed by atoms with Gasteiger partial charge in [-0.25, -0.2) is 0 Å². The topological polar surface area (TPSA) is 71.1 Å². The molecule has 1 aromatic rings. The van der Waals surface area contributed by atoms with Crippen LogP contribution in [0.15, 0.2) is 23.4 Å². The Bertz CT molecular complexity index is 480. The first kappa shape index (κ1) is 14.7. The van der Waals surface area contributed by atoms with Gasteiger partial charge in [-0.3, -0.25) is 0 Å². The molecule has 0 aliphatic carbocycles. The van der Waals surface area contributed by atoms with E-state index in [4.69, 9.17) is 15.7 Å². The van der Waals surface area contributed by atoms with Crippen LogP contribution in [0.4, 0.5) is 5.69 Å². The van der Waals surface area contributed by atoms with Gasteiger partial charge in [0.05, 0.1) is 0 Å². The van der Waals surface area contributed by atoms with Crippen LogP contribution in [0.1, 0.15) is 24.0 Å². The van der Waals surface area contributed by atoms with Crippen molar-refractivity contribution >= 4 is 11.5 Å². The molecular weight excluding hydrogens is 254 g/mol. The monoisotopic (exact) mass is 277 g/mol. The number of aryl methyl sites for hydroxylation is 1. The molecule has 20 heavy (non-hydrogen) atoms. The summed E-state index contributed by atoms with van der Waals surface area (Å²) >= 11 is 0. The lowest BCUT2D eigenvalue weighted by molar-refractivity contribution is 0.139. The number of rotatable bonds is 4. The van der Waals surface area contributed by atoms with Gasteiger partial charge in [-0.1, -0.05) is 5.16 Å². The fourth-order valence-corrected chi connectivity index (χ4v) is 2.78. The number of nitrogens with zero attached hydrogens (tertiary/aromatic N) is 2. The van der Waals surface area contributed by atoms with Crippen LogP contribution in [0.2, 0.25) is 0 Å². The average Bonchev–Trinajstić information content (AvgIpc) is 2.47. The Hall–Kier alpha value is -1.75. The van der Waals surface area contributed by atoms with Gasteiger partial charge in [0.25, 0.3) is 0 Å². The second-order valence-electron chi connectivity index (χ2n) is 5.37. The molecule has 0 radical (unpaired) electrons. The van der Waals surface area contributed by atoms with Gasteiger partial charge in [-0.15, -0.1) is 0 Å². The zero-order valence-electron chi connectivity index (χ0n) is 12.2. The summed E-state index contributed by atoms with van der Waals surface area (Å²) in [7, 11) is 1.77. The van der Waals surface area contributed by atoms with E-state index in [0.717, 1.165) is 43.7 Å². The number of piperidine rings is 1. The van der Waals surface area contributed by atoms with Crippen molar-refractivity contribution in [1.82, 2.24) is 0 Å². The van der Waals surface area contributed by atoms with E-state index in [1.54, 1.807) is 7.11 Å². The van der Waals surface area contributed by atoms with Crippen molar-refractivity contribution in [2.24, 2.45) is 16.8 Å². The van der Waals surface area contributed by atoms with Gasteiger partial charge >= 0.3 is 0 Å². The van der Waals surface area contributed by atoms with Crippen LogP contribution in [0.5, 0.6) is 0 Å². The molecule has 0 aromatic heterocycles. The van der Waals surface area contributed by atoms with E-state index < -0.39 is 0 Å². The molecule has 1 aromatic carbocycles. The third-order valence-corrected chi connectivity index (χ3v) is 3.98. The normalized spacial score (nSPS) is 17.5. The molecular formula is C15H23N3O2. The number of anilines is 1. The third kappa shape index (κ3) is 3.22. The van der Waals surface area contributed by atoms with E-state index in [1.165, 1.54) is 5.69 Å². The molecule has 1 saturated heterocycles. The summed E-state index contributed by atoms with van der Waals surface area (Å²) < 4.78 is 5.23. The standard InChI is InChI=1S/C15H23N3O2/c1-11-9-13(3-4-14(11)15(16)17-19)18-7-5-12(6-8-18)10-20-2/h3-4,9,12,19H,5-8,10H2,1-2H3,(H2,16,17). The van der Waals surface area contributed by atoms with E-state index in [-0.39, 0.29) is 5.84 Å². The Labute approximate surface area is 120 Å². The van der Waals surface area contributed by atoms with Crippen LogP contribution in [-0.4, -0.2) is 37.8 Å². The fraction of sp³-hybridized carbons (Fsp3) is 0.533. The Kier molecular flexibility index (Phi) is 4.84. The Morgan fingerprint density at radius 3 is 2.70 bits per heavy atom. The molecule has 2 rings (SSSR count). The lowest BCUT2D eigenvalue weighted by Crippen LogP contribution is -2.35. The van der Waals surface area contributed by atoms with Crippen LogP contribution in [0.25, 0.3) is 0 Å². The maximum absolute atomic E-state index is 8.75. The molecule has 0 bridgehead atoms. The summed E-state index contributed by atoms with van der Waals surface area (Å²) in [6, 6.07) is 6.06. The lowest BCUT2D eigenvalue weighted by atomic mass is 9.97. The van der Waals surface area contributed by atoms with Crippen molar-refractivity contribution < 1.29 is 9.94 Å². The summed E-state index contributed by atoms with van der Waals surface area (Å²) in [6.45, 7) is 4.94. The van der Waals surface area contributed by atoms with Crippen molar-refractivity contribution in [1.29, 1.82) is 0 Å². The smallest absolute Gasteiger partial charge is 0.170 e. The minimum atomic E-state index is 0.160. The van der Waals surface area contributed by atoms with Crippen LogP contribution in [0, 0.1) is 12.8 Å². The zero-order valence-corrected chi connectivity index (χ0v) is 12.2. The summed E-state index contributed by atoms with van der Waals surface area (Å²) in [4.78, 5) is 2.38. The van der Waals surface area contributed by atoms with Gasteiger partial charge in [0.1, 0.15) is 0 Å². The molecule has 5 nitrogen and oxygen atoms in total. The fourth-order valence-electron chi connectivity index (χ4n) is 2.78. The maximum atomic E-state index is 8.75. The highest BCUT2D eigenvalue weighted by atomic mass is 16.5. The molecule has 1 aliphatic rings. The van der Waals surface area contributed by atoms with Gasteiger partial charge in [0.2, 0.25) is 0 Å². The van der Waals surface area contributed by atoms with Gasteiger partial charge in [-0.2, -0.15) is 0 Å². The van der Waals surface area contributed by atoms with Crippen molar-refractivity contribution in [3.63, 3.8) is 0 Å². The van der Waals surface area contributed by atoms with Crippen LogP contribution >= 0.6 is 0 Å². The van der Waals surface area contributed by atoms with Crippen LogP contribution in [0.3, 0.4) is 0 Å². The summed E-state index contributed by atoms with van der Waals surface area (Å²) in [6.07, 6.45) is 2.32. The number of methoxy groups -OCH3 is 1. The highest BCUT2D eigenvalue weighted by Gasteiger charge is 2.19. The van der Waals surface area contributed by atoms with E-state index in [9.17, 15) is 0 Å². The first-order chi connectivity index (χ1) is 9.65. The van der Waals surface area contributed by atoms with Crippen molar-refractivity contribution in [3.8, 4) is 0 Å². The predicted molar refractivity (Wildman–Crippen MR) is 80.5 cm³/mol. The number of amidine groups is 1. The van der Waals surface area contributed by atoms with E-state index in [1.807, 2.05) is 19.1 Å². The number of hydrogen-bond acceptors (Lipinski definition) is 4. The van der Waals surface area contributed by atoms with E-state index in [0.29, 0.717) is 5.92 Å². The Balaban J connectivity index is 2.06. The number of oxime groups is 1. The number of hydrogen-bond donors (Lipinski definition) is 2. The molecule has 0 saturated carbocycles. The number of nitrogens with two attached hydrogens (primary N) is 1. The van der Waals surface area contributed by atoms with Crippen LogP contribution in [-0.2, 0) is 4.74 Å². The van der Waals surface area contributed by atoms with Crippen molar-refractivity contribution in [3.05, 3.63) is 29.3 Å². The molecule has 0 unspecified atom stereocenters. The molecule has 3 N–H and O–H groups in total. The molecule has 0 atom stereocenters. The maximum Gasteiger partial charge on any atom is 0.170 e. The van der Waals surface area contributed by atoms with Gasteiger partial charge in [0, 0.05) is 38.1 Å². The summed E-state index contributed by atoms with van der Waals surface area (Å²) in [5, 5.41) is 11.8. The minimum absolute atomic E-state index is 0.160. The largest absolute Gasteiger partial charge is 0.409 e. The quantitative estimate of drug-likeness (QED) is 0.382.